The standard InChI is InChI=1S/C19H17N3O6/c1-11-6-4-5-7-15(11)18-20-21(12(2)23)19(28-18)16-10-14(22(25)26)8-9-17(16)27-13(3)24/h4-10,19H,1-3H3/t19-/m1/s1. The summed E-state index contributed by atoms with van der Waals surface area (Å²) in [6.45, 7) is 4.37. The number of ether oxygens (including phenoxy) is 2. The fourth-order valence-corrected chi connectivity index (χ4v) is 2.78. The molecular weight excluding hydrogens is 366 g/mol. The molecule has 0 bridgehead atoms. The van der Waals surface area contributed by atoms with Gasteiger partial charge in [0.15, 0.2) is 0 Å². The van der Waals surface area contributed by atoms with Crippen molar-refractivity contribution in [2.75, 3.05) is 0 Å². The van der Waals surface area contributed by atoms with Crippen molar-refractivity contribution >= 4 is 23.5 Å². The van der Waals surface area contributed by atoms with Gasteiger partial charge in [-0.1, -0.05) is 18.2 Å². The number of hydrazone groups is 1. The molecule has 0 radical (unpaired) electrons. The Balaban J connectivity index is 2.08. The second-order valence-corrected chi connectivity index (χ2v) is 6.13. The Morgan fingerprint density at radius 2 is 1.93 bits per heavy atom. The minimum absolute atomic E-state index is 0.0515. The number of carbonyl (C=O) groups is 2. The Morgan fingerprint density at radius 1 is 1.21 bits per heavy atom. The van der Waals surface area contributed by atoms with Crippen LogP contribution >= 0.6 is 0 Å². The first-order valence-electron chi connectivity index (χ1n) is 8.35. The van der Waals surface area contributed by atoms with Crippen LogP contribution in [0.1, 0.15) is 36.8 Å². The van der Waals surface area contributed by atoms with Crippen LogP contribution in [0.3, 0.4) is 0 Å². The molecule has 9 heteroatoms. The van der Waals surface area contributed by atoms with Gasteiger partial charge in [-0.2, -0.15) is 5.01 Å². The zero-order chi connectivity index (χ0) is 20.4. The topological polar surface area (TPSA) is 111 Å². The van der Waals surface area contributed by atoms with Crippen LogP contribution in [0, 0.1) is 17.0 Å². The van der Waals surface area contributed by atoms with Crippen molar-refractivity contribution < 1.29 is 24.0 Å². The molecule has 0 saturated carbocycles. The molecule has 2 aromatic rings. The third-order valence-electron chi connectivity index (χ3n) is 4.07. The van der Waals surface area contributed by atoms with Crippen molar-refractivity contribution in [1.29, 1.82) is 0 Å². The van der Waals surface area contributed by atoms with Crippen molar-refractivity contribution in [2.24, 2.45) is 5.10 Å². The van der Waals surface area contributed by atoms with Gasteiger partial charge in [0.05, 0.1) is 10.5 Å². The molecule has 0 aliphatic carbocycles. The number of nitrogens with zero attached hydrogens (tertiary/aromatic N) is 3. The number of aryl methyl sites for hydroxylation is 1. The Kier molecular flexibility index (Phi) is 5.08. The molecule has 1 aliphatic rings. The van der Waals surface area contributed by atoms with Crippen molar-refractivity contribution in [3.05, 3.63) is 69.3 Å². The molecule has 0 spiro atoms. The Labute approximate surface area is 160 Å². The maximum atomic E-state index is 12.1. The van der Waals surface area contributed by atoms with E-state index in [1.54, 1.807) is 12.1 Å². The van der Waals surface area contributed by atoms with E-state index in [-0.39, 0.29) is 22.9 Å². The second-order valence-electron chi connectivity index (χ2n) is 6.13. The molecule has 1 aliphatic heterocycles. The first-order chi connectivity index (χ1) is 13.3. The second kappa shape index (κ2) is 7.47. The summed E-state index contributed by atoms with van der Waals surface area (Å²) in [6.07, 6.45) is -1.11. The number of hydrogen-bond acceptors (Lipinski definition) is 7. The molecule has 1 atom stereocenters. The molecule has 1 heterocycles. The van der Waals surface area contributed by atoms with E-state index in [2.05, 4.69) is 5.10 Å². The third-order valence-corrected chi connectivity index (χ3v) is 4.07. The number of nitro groups is 1. The smallest absolute Gasteiger partial charge is 0.308 e. The van der Waals surface area contributed by atoms with Gasteiger partial charge in [0.1, 0.15) is 5.75 Å². The first kappa shape index (κ1) is 19.0. The minimum Gasteiger partial charge on any atom is -0.446 e. The maximum absolute atomic E-state index is 12.1. The molecule has 0 N–H and O–H groups in total. The highest BCUT2D eigenvalue weighted by Crippen LogP contribution is 2.38. The van der Waals surface area contributed by atoms with Gasteiger partial charge in [0.2, 0.25) is 18.0 Å². The number of carbonyl (C=O) groups excluding carboxylic acids is 2. The Hall–Kier alpha value is -3.75. The summed E-state index contributed by atoms with van der Waals surface area (Å²) < 4.78 is 11.0. The van der Waals surface area contributed by atoms with Gasteiger partial charge in [-0.05, 0) is 24.6 Å². The molecule has 0 unspecified atom stereocenters. The van der Waals surface area contributed by atoms with Crippen LogP contribution < -0.4 is 4.74 Å². The maximum Gasteiger partial charge on any atom is 0.308 e. The van der Waals surface area contributed by atoms with Crippen LogP contribution in [0.2, 0.25) is 0 Å². The largest absolute Gasteiger partial charge is 0.446 e. The summed E-state index contributed by atoms with van der Waals surface area (Å²) in [5.41, 5.74) is 1.47. The first-order valence-corrected chi connectivity index (χ1v) is 8.35. The summed E-state index contributed by atoms with van der Waals surface area (Å²) >= 11 is 0. The highest BCUT2D eigenvalue weighted by Gasteiger charge is 2.36. The van der Waals surface area contributed by atoms with Crippen molar-refractivity contribution in [2.45, 2.75) is 27.0 Å². The molecule has 28 heavy (non-hydrogen) atoms. The molecule has 0 saturated heterocycles. The lowest BCUT2D eigenvalue weighted by Gasteiger charge is -2.21. The van der Waals surface area contributed by atoms with Gasteiger partial charge >= 0.3 is 5.97 Å². The Morgan fingerprint density at radius 3 is 2.54 bits per heavy atom. The summed E-state index contributed by atoms with van der Waals surface area (Å²) in [4.78, 5) is 34.2. The summed E-state index contributed by atoms with van der Waals surface area (Å²) in [5.74, 6) is -0.800. The molecule has 1 amide bonds. The average molecular weight is 383 g/mol. The van der Waals surface area contributed by atoms with E-state index in [1.165, 1.54) is 32.0 Å². The molecular formula is C19H17N3O6. The van der Waals surface area contributed by atoms with Crippen molar-refractivity contribution in [1.82, 2.24) is 5.01 Å². The fourth-order valence-electron chi connectivity index (χ4n) is 2.78. The molecule has 0 fully saturated rings. The zero-order valence-corrected chi connectivity index (χ0v) is 15.4. The number of esters is 1. The molecule has 3 rings (SSSR count). The normalized spacial score (nSPS) is 15.6. The van der Waals surface area contributed by atoms with Gasteiger partial charge in [0.25, 0.3) is 5.69 Å². The summed E-state index contributed by atoms with van der Waals surface area (Å²) in [5, 5.41) is 16.5. The predicted molar refractivity (Wildman–Crippen MR) is 98.5 cm³/mol. The van der Waals surface area contributed by atoms with E-state index in [4.69, 9.17) is 9.47 Å². The molecule has 9 nitrogen and oxygen atoms in total. The van der Waals surface area contributed by atoms with E-state index in [1.807, 2.05) is 19.1 Å². The van der Waals surface area contributed by atoms with E-state index in [0.29, 0.717) is 5.56 Å². The lowest BCUT2D eigenvalue weighted by Crippen LogP contribution is -2.26. The van der Waals surface area contributed by atoms with Crippen LogP contribution in [0.25, 0.3) is 0 Å². The van der Waals surface area contributed by atoms with Crippen LogP contribution in [0.4, 0.5) is 5.69 Å². The number of hydrogen-bond donors (Lipinski definition) is 0. The molecule has 144 valence electrons. The Bertz CT molecular complexity index is 1000. The zero-order valence-electron chi connectivity index (χ0n) is 15.4. The highest BCUT2D eigenvalue weighted by atomic mass is 16.6. The summed E-state index contributed by atoms with van der Waals surface area (Å²) in [7, 11) is 0. The van der Waals surface area contributed by atoms with Gasteiger partial charge in [0, 0.05) is 31.5 Å². The van der Waals surface area contributed by atoms with Crippen LogP contribution in [-0.2, 0) is 14.3 Å². The van der Waals surface area contributed by atoms with Crippen LogP contribution in [0.5, 0.6) is 5.75 Å². The molecule has 0 aromatic heterocycles. The highest BCUT2D eigenvalue weighted by molar-refractivity contribution is 5.97. The number of nitro benzene ring substituents is 1. The van der Waals surface area contributed by atoms with E-state index >= 15 is 0 Å². The van der Waals surface area contributed by atoms with Crippen molar-refractivity contribution in [3.63, 3.8) is 0 Å². The number of amides is 1. The third kappa shape index (κ3) is 3.68. The van der Waals surface area contributed by atoms with Gasteiger partial charge < -0.3 is 9.47 Å². The van der Waals surface area contributed by atoms with Crippen LogP contribution in [0.15, 0.2) is 47.6 Å². The SMILES string of the molecule is CC(=O)Oc1ccc([N+](=O)[O-])cc1[C@H]1OC(c2ccccc2C)=NN1C(C)=O. The fraction of sp³-hybridized carbons (Fsp3) is 0.211. The monoisotopic (exact) mass is 383 g/mol. The summed E-state index contributed by atoms with van der Waals surface area (Å²) in [6, 6.07) is 11.0. The lowest BCUT2D eigenvalue weighted by molar-refractivity contribution is -0.385. The van der Waals surface area contributed by atoms with E-state index < -0.39 is 23.0 Å². The number of rotatable bonds is 4. The number of non-ortho nitro benzene ring substituents is 1. The predicted octanol–water partition coefficient (Wildman–Crippen LogP) is 3.07. The van der Waals surface area contributed by atoms with E-state index in [9.17, 15) is 19.7 Å². The van der Waals surface area contributed by atoms with E-state index in [0.717, 1.165) is 10.6 Å². The lowest BCUT2D eigenvalue weighted by atomic mass is 10.1. The average Bonchev–Trinajstić information content (AvgIpc) is 3.07. The van der Waals surface area contributed by atoms with Crippen LogP contribution in [-0.4, -0.2) is 27.7 Å². The molecule has 2 aromatic carbocycles. The van der Waals surface area contributed by atoms with Gasteiger partial charge in [-0.15, -0.1) is 5.10 Å². The van der Waals surface area contributed by atoms with Crippen molar-refractivity contribution in [3.8, 4) is 5.75 Å². The minimum atomic E-state index is -1.11. The van der Waals surface area contributed by atoms with Gasteiger partial charge in [-0.3, -0.25) is 19.7 Å². The quantitative estimate of drug-likeness (QED) is 0.347. The van der Waals surface area contributed by atoms with Gasteiger partial charge in [-0.25, -0.2) is 0 Å². The number of benzene rings is 2.